The van der Waals surface area contributed by atoms with Gasteiger partial charge in [0.2, 0.25) is 15.9 Å². The number of rotatable bonds is 11. The lowest BCUT2D eigenvalue weighted by Crippen LogP contribution is -2.53. The van der Waals surface area contributed by atoms with Gasteiger partial charge in [-0.15, -0.1) is 0 Å². The van der Waals surface area contributed by atoms with Gasteiger partial charge in [0.1, 0.15) is 6.04 Å². The Labute approximate surface area is 193 Å². The Balaban J connectivity index is 3.37. The third-order valence-electron chi connectivity index (χ3n) is 4.71. The van der Waals surface area contributed by atoms with Gasteiger partial charge in [-0.05, 0) is 48.9 Å². The number of carbonyl (C=O) groups is 4. The molecule has 33 heavy (non-hydrogen) atoms. The molecule has 0 bridgehead atoms. The average Bonchev–Trinajstić information content (AvgIpc) is 2.65. The van der Waals surface area contributed by atoms with Crippen LogP contribution in [-0.2, 0) is 24.4 Å². The number of nitrogens with two attached hydrogens (primary N) is 1. The fourth-order valence-corrected chi connectivity index (χ4v) is 3.83. The van der Waals surface area contributed by atoms with E-state index in [2.05, 4.69) is 5.32 Å². The van der Waals surface area contributed by atoms with Crippen molar-refractivity contribution in [1.82, 2.24) is 4.90 Å². The molecule has 0 heterocycles. The number of carboxylic acid groups (broad SMARTS) is 2. The van der Waals surface area contributed by atoms with Crippen molar-refractivity contribution in [2.45, 2.75) is 57.9 Å². The minimum absolute atomic E-state index is 0.0414. The Morgan fingerprint density at radius 3 is 1.88 bits per heavy atom. The molecule has 0 aliphatic heterocycles. The highest BCUT2D eigenvalue weighted by molar-refractivity contribution is 7.89. The van der Waals surface area contributed by atoms with E-state index in [4.69, 9.17) is 5.14 Å². The monoisotopic (exact) mass is 485 g/mol. The number of primary sulfonamides is 1. The Hall–Kier alpha value is -2.99. The van der Waals surface area contributed by atoms with E-state index in [1.54, 1.807) is 27.7 Å². The molecule has 0 fully saturated rings. The van der Waals surface area contributed by atoms with Gasteiger partial charge < -0.3 is 15.5 Å². The number of urea groups is 1. The van der Waals surface area contributed by atoms with Gasteiger partial charge in [0.05, 0.1) is 11.3 Å². The number of nitrogens with zero attached hydrogens (tertiary/aromatic N) is 1. The SMILES string of the molecule is CC(C)CC(CC(=O)O)C(=O)N(C(=O)Nc1ccc(S(N)(=O)=O)cc1)[C@@H](CC(C)C)C(=O)O. The van der Waals surface area contributed by atoms with Crippen molar-refractivity contribution in [3.63, 3.8) is 0 Å². The zero-order chi connectivity index (χ0) is 25.5. The summed E-state index contributed by atoms with van der Waals surface area (Å²) in [5.41, 5.74) is 0.0949. The van der Waals surface area contributed by atoms with Crippen LogP contribution in [0.1, 0.15) is 47.0 Å². The van der Waals surface area contributed by atoms with Crippen LogP contribution in [0, 0.1) is 17.8 Å². The molecule has 184 valence electrons. The van der Waals surface area contributed by atoms with E-state index < -0.39 is 52.3 Å². The largest absolute Gasteiger partial charge is 0.481 e. The molecular weight excluding hydrogens is 454 g/mol. The van der Waals surface area contributed by atoms with E-state index in [0.29, 0.717) is 4.90 Å². The Bertz CT molecular complexity index is 974. The highest BCUT2D eigenvalue weighted by Gasteiger charge is 2.39. The second kappa shape index (κ2) is 11.8. The van der Waals surface area contributed by atoms with Gasteiger partial charge in [-0.1, -0.05) is 27.7 Å². The zero-order valence-corrected chi connectivity index (χ0v) is 19.8. The summed E-state index contributed by atoms with van der Waals surface area (Å²) in [7, 11) is -3.96. The highest BCUT2D eigenvalue weighted by atomic mass is 32.2. The van der Waals surface area contributed by atoms with Crippen LogP contribution in [0.4, 0.5) is 10.5 Å². The van der Waals surface area contributed by atoms with Gasteiger partial charge in [-0.25, -0.2) is 28.0 Å². The molecule has 11 nitrogen and oxygen atoms in total. The number of amides is 3. The number of hydrogen-bond donors (Lipinski definition) is 4. The first-order chi connectivity index (χ1) is 15.1. The number of sulfonamides is 1. The minimum Gasteiger partial charge on any atom is -0.481 e. The van der Waals surface area contributed by atoms with E-state index in [0.717, 1.165) is 12.1 Å². The van der Waals surface area contributed by atoms with E-state index in [9.17, 15) is 37.8 Å². The average molecular weight is 486 g/mol. The molecule has 0 aliphatic carbocycles. The standard InChI is InChI=1S/C21H31N3O8S/c1-12(2)9-14(11-18(25)26)19(27)24(17(20(28)29)10-13(3)4)21(30)23-15-5-7-16(8-6-15)33(22,31)32/h5-8,12-14,17H,9-11H2,1-4H3,(H,23,30)(H,25,26)(H,28,29)(H2,22,31,32)/t14?,17-/m0/s1. The number of carbonyl (C=O) groups excluding carboxylic acids is 2. The van der Waals surface area contributed by atoms with Crippen LogP contribution in [0.3, 0.4) is 0 Å². The lowest BCUT2D eigenvalue weighted by atomic mass is 9.91. The van der Waals surface area contributed by atoms with Crippen LogP contribution in [0.15, 0.2) is 29.2 Å². The normalized spacial score (nSPS) is 13.4. The smallest absolute Gasteiger partial charge is 0.329 e. The summed E-state index contributed by atoms with van der Waals surface area (Å²) < 4.78 is 22.8. The maximum Gasteiger partial charge on any atom is 0.329 e. The van der Waals surface area contributed by atoms with Crippen LogP contribution < -0.4 is 10.5 Å². The van der Waals surface area contributed by atoms with E-state index in [1.165, 1.54) is 12.1 Å². The van der Waals surface area contributed by atoms with Crippen molar-refractivity contribution in [3.05, 3.63) is 24.3 Å². The maximum absolute atomic E-state index is 13.3. The number of carboxylic acids is 2. The van der Waals surface area contributed by atoms with Crippen LogP contribution >= 0.6 is 0 Å². The molecule has 0 aliphatic rings. The van der Waals surface area contributed by atoms with Crippen molar-refractivity contribution < 1.29 is 37.8 Å². The van der Waals surface area contributed by atoms with E-state index in [1.807, 2.05) is 0 Å². The summed E-state index contributed by atoms with van der Waals surface area (Å²) in [5.74, 6) is -4.93. The zero-order valence-electron chi connectivity index (χ0n) is 19.0. The van der Waals surface area contributed by atoms with Crippen molar-refractivity contribution >= 4 is 39.6 Å². The number of nitrogens with one attached hydrogen (secondary N) is 1. The van der Waals surface area contributed by atoms with Crippen molar-refractivity contribution in [2.75, 3.05) is 5.32 Å². The van der Waals surface area contributed by atoms with Crippen LogP contribution in [0.25, 0.3) is 0 Å². The van der Waals surface area contributed by atoms with Gasteiger partial charge in [0.15, 0.2) is 0 Å². The number of anilines is 1. The van der Waals surface area contributed by atoms with E-state index in [-0.39, 0.29) is 35.3 Å². The molecule has 0 saturated heterocycles. The molecule has 2 atom stereocenters. The maximum atomic E-state index is 13.3. The van der Waals surface area contributed by atoms with Crippen molar-refractivity contribution in [3.8, 4) is 0 Å². The predicted molar refractivity (Wildman–Crippen MR) is 120 cm³/mol. The molecule has 5 N–H and O–H groups in total. The van der Waals surface area contributed by atoms with Crippen LogP contribution in [-0.4, -0.2) is 53.4 Å². The summed E-state index contributed by atoms with van der Waals surface area (Å²) in [6, 6.07) is 2.18. The lowest BCUT2D eigenvalue weighted by Gasteiger charge is -2.31. The molecule has 1 unspecified atom stereocenters. The molecular formula is C21H31N3O8S. The summed E-state index contributed by atoms with van der Waals surface area (Å²) in [4.78, 5) is 50.1. The Morgan fingerprint density at radius 1 is 0.970 bits per heavy atom. The minimum atomic E-state index is -3.96. The molecule has 1 rings (SSSR count). The first-order valence-electron chi connectivity index (χ1n) is 10.3. The summed E-state index contributed by atoms with van der Waals surface area (Å²) in [5, 5.41) is 26.4. The molecule has 1 aromatic rings. The fourth-order valence-electron chi connectivity index (χ4n) is 3.32. The van der Waals surface area contributed by atoms with Gasteiger partial charge in [0.25, 0.3) is 0 Å². The summed E-state index contributed by atoms with van der Waals surface area (Å²) >= 11 is 0. The van der Waals surface area contributed by atoms with Crippen molar-refractivity contribution in [2.24, 2.45) is 22.9 Å². The lowest BCUT2D eigenvalue weighted by molar-refractivity contribution is -0.151. The van der Waals surface area contributed by atoms with Gasteiger partial charge in [-0.3, -0.25) is 9.59 Å². The quantitative estimate of drug-likeness (QED) is 0.368. The van der Waals surface area contributed by atoms with Gasteiger partial charge in [0, 0.05) is 11.6 Å². The van der Waals surface area contributed by atoms with Crippen molar-refractivity contribution in [1.29, 1.82) is 0 Å². The Kier molecular flexibility index (Phi) is 9.99. The van der Waals surface area contributed by atoms with Gasteiger partial charge >= 0.3 is 18.0 Å². The number of benzene rings is 1. The number of imide groups is 1. The van der Waals surface area contributed by atoms with E-state index >= 15 is 0 Å². The molecule has 0 saturated carbocycles. The molecule has 3 amide bonds. The van der Waals surface area contributed by atoms with Crippen LogP contribution in [0.5, 0.6) is 0 Å². The summed E-state index contributed by atoms with van der Waals surface area (Å²) in [6.45, 7) is 7.02. The predicted octanol–water partition coefficient (Wildman–Crippen LogP) is 2.33. The third-order valence-corrected chi connectivity index (χ3v) is 5.64. The first kappa shape index (κ1) is 28.0. The Morgan fingerprint density at radius 2 is 1.48 bits per heavy atom. The topological polar surface area (TPSA) is 184 Å². The first-order valence-corrected chi connectivity index (χ1v) is 11.9. The number of aliphatic carboxylic acids is 2. The highest BCUT2D eigenvalue weighted by Crippen LogP contribution is 2.24. The third kappa shape index (κ3) is 8.81. The molecule has 1 aromatic carbocycles. The molecule has 0 aromatic heterocycles. The molecule has 0 radical (unpaired) electrons. The fraction of sp³-hybridized carbons (Fsp3) is 0.524. The molecule has 12 heteroatoms. The summed E-state index contributed by atoms with van der Waals surface area (Å²) in [6.07, 6.45) is -0.454. The molecule has 0 spiro atoms. The van der Waals surface area contributed by atoms with Gasteiger partial charge in [-0.2, -0.15) is 0 Å². The number of hydrogen-bond acceptors (Lipinski definition) is 6. The second-order valence-corrected chi connectivity index (χ2v) is 10.2. The second-order valence-electron chi connectivity index (χ2n) is 8.62. The van der Waals surface area contributed by atoms with Crippen LogP contribution in [0.2, 0.25) is 0 Å².